The minimum absolute atomic E-state index is 0.0000347. The summed E-state index contributed by atoms with van der Waals surface area (Å²) in [4.78, 5) is 37.9. The van der Waals surface area contributed by atoms with E-state index in [-0.39, 0.29) is 30.8 Å². The number of likely N-dealkylation sites (N-methyl/N-ethyl adjacent to an activating group) is 1. The highest BCUT2D eigenvalue weighted by Crippen LogP contribution is 2.23. The van der Waals surface area contributed by atoms with Gasteiger partial charge in [-0.25, -0.2) is 0 Å². The fourth-order valence-corrected chi connectivity index (χ4v) is 2.52. The number of carboxylic acids is 1. The van der Waals surface area contributed by atoms with Gasteiger partial charge in [0, 0.05) is 13.6 Å². The van der Waals surface area contributed by atoms with Crippen molar-refractivity contribution in [1.29, 1.82) is 0 Å². The molecular weight excluding hydrogens is 274 g/mol. The van der Waals surface area contributed by atoms with Crippen molar-refractivity contribution in [1.82, 2.24) is 15.1 Å². The van der Waals surface area contributed by atoms with Gasteiger partial charge in [0.2, 0.25) is 11.8 Å². The molecule has 0 bridgehead atoms. The number of nitrogens with one attached hydrogen (secondary N) is 1. The van der Waals surface area contributed by atoms with Gasteiger partial charge in [-0.15, -0.1) is 0 Å². The first-order chi connectivity index (χ1) is 9.86. The number of aliphatic carboxylic acids is 1. The third-order valence-electron chi connectivity index (χ3n) is 3.77. The van der Waals surface area contributed by atoms with Crippen LogP contribution in [0.15, 0.2) is 0 Å². The first-order valence-electron chi connectivity index (χ1n) is 7.34. The highest BCUT2D eigenvalue weighted by atomic mass is 16.4. The molecule has 1 aliphatic heterocycles. The lowest BCUT2D eigenvalue weighted by atomic mass is 10.0. The van der Waals surface area contributed by atoms with Crippen molar-refractivity contribution in [3.8, 4) is 0 Å². The lowest BCUT2D eigenvalue weighted by Crippen LogP contribution is -2.47. The van der Waals surface area contributed by atoms with Crippen LogP contribution in [-0.4, -0.2) is 72.0 Å². The van der Waals surface area contributed by atoms with E-state index in [2.05, 4.69) is 5.32 Å². The van der Waals surface area contributed by atoms with Crippen LogP contribution in [-0.2, 0) is 14.4 Å². The maximum Gasteiger partial charge on any atom is 0.321 e. The first kappa shape index (κ1) is 17.4. The zero-order valence-corrected chi connectivity index (χ0v) is 13.0. The van der Waals surface area contributed by atoms with Gasteiger partial charge >= 0.3 is 5.97 Å². The molecule has 2 atom stereocenters. The van der Waals surface area contributed by atoms with E-state index in [4.69, 9.17) is 0 Å². The van der Waals surface area contributed by atoms with Crippen LogP contribution in [0.2, 0.25) is 0 Å². The number of hydrogen-bond acceptors (Lipinski definition) is 4. The summed E-state index contributed by atoms with van der Waals surface area (Å²) in [5.74, 6) is -1.29. The Labute approximate surface area is 125 Å². The molecule has 0 aliphatic carbocycles. The molecule has 7 nitrogen and oxygen atoms in total. The summed E-state index contributed by atoms with van der Waals surface area (Å²) in [5.41, 5.74) is 0. The molecule has 1 rings (SSSR count). The van der Waals surface area contributed by atoms with Crippen LogP contribution in [0.5, 0.6) is 0 Å². The van der Waals surface area contributed by atoms with E-state index >= 15 is 0 Å². The molecule has 2 N–H and O–H groups in total. The first-order valence-corrected chi connectivity index (χ1v) is 7.34. The zero-order chi connectivity index (χ0) is 16.0. The third kappa shape index (κ3) is 5.00. The largest absolute Gasteiger partial charge is 0.480 e. The minimum Gasteiger partial charge on any atom is -0.480 e. The Hall–Kier alpha value is -1.63. The highest BCUT2D eigenvalue weighted by Gasteiger charge is 2.37. The van der Waals surface area contributed by atoms with E-state index in [0.29, 0.717) is 13.1 Å². The number of likely N-dealkylation sites (tertiary alicyclic amines) is 1. The van der Waals surface area contributed by atoms with Crippen molar-refractivity contribution in [3.63, 3.8) is 0 Å². The normalized spacial score (nSPS) is 22.0. The van der Waals surface area contributed by atoms with E-state index in [1.54, 1.807) is 11.9 Å². The summed E-state index contributed by atoms with van der Waals surface area (Å²) in [6.07, 6.45) is 1.61. The number of hydrogen-bond donors (Lipinski definition) is 2. The fraction of sp³-hybridized carbons (Fsp3) is 0.786. The van der Waals surface area contributed by atoms with Crippen LogP contribution in [0.4, 0.5) is 0 Å². The van der Waals surface area contributed by atoms with Crippen molar-refractivity contribution >= 4 is 17.8 Å². The Morgan fingerprint density at radius 1 is 1.38 bits per heavy atom. The fourth-order valence-electron chi connectivity index (χ4n) is 2.52. The summed E-state index contributed by atoms with van der Waals surface area (Å²) in [5, 5.41) is 11.9. The van der Waals surface area contributed by atoms with E-state index < -0.39 is 12.0 Å². The van der Waals surface area contributed by atoms with Gasteiger partial charge < -0.3 is 15.3 Å². The van der Waals surface area contributed by atoms with E-state index in [1.165, 1.54) is 4.90 Å². The van der Waals surface area contributed by atoms with Crippen molar-refractivity contribution in [2.45, 2.75) is 32.7 Å². The molecule has 1 fully saturated rings. The molecule has 120 valence electrons. The molecule has 0 saturated carbocycles. The molecule has 7 heteroatoms. The molecule has 0 aromatic heterocycles. The summed E-state index contributed by atoms with van der Waals surface area (Å²) in [6, 6.07) is -0.615. The predicted molar refractivity (Wildman–Crippen MR) is 77.7 cm³/mol. The van der Waals surface area contributed by atoms with Crippen LogP contribution >= 0.6 is 0 Å². The lowest BCUT2D eigenvalue weighted by molar-refractivity contribution is -0.145. The number of carbonyl (C=O) groups is 3. The summed E-state index contributed by atoms with van der Waals surface area (Å²) >= 11 is 0. The Balaban J connectivity index is 2.48. The molecule has 0 aromatic rings. The number of amides is 2. The van der Waals surface area contributed by atoms with Gasteiger partial charge in [-0.3, -0.25) is 19.3 Å². The zero-order valence-electron chi connectivity index (χ0n) is 13.0. The molecule has 0 spiro atoms. The van der Waals surface area contributed by atoms with Gasteiger partial charge in [-0.05, 0) is 25.3 Å². The second-order valence-electron chi connectivity index (χ2n) is 5.62. The summed E-state index contributed by atoms with van der Waals surface area (Å²) < 4.78 is 0. The number of nitrogens with zero attached hydrogens (tertiary/aromatic N) is 2. The molecule has 21 heavy (non-hydrogen) atoms. The Bertz CT molecular complexity index is 400. The monoisotopic (exact) mass is 299 g/mol. The average molecular weight is 299 g/mol. The van der Waals surface area contributed by atoms with Gasteiger partial charge in [0.25, 0.3) is 0 Å². The predicted octanol–water partition coefficient (Wildman–Crippen LogP) is -0.234. The van der Waals surface area contributed by atoms with Gasteiger partial charge in [-0.2, -0.15) is 0 Å². The summed E-state index contributed by atoms with van der Waals surface area (Å²) in [6.45, 7) is 5.06. The third-order valence-corrected chi connectivity index (χ3v) is 3.77. The van der Waals surface area contributed by atoms with Crippen molar-refractivity contribution in [3.05, 3.63) is 0 Å². The molecule has 1 aliphatic rings. The van der Waals surface area contributed by atoms with Gasteiger partial charge in [-0.1, -0.05) is 13.8 Å². The van der Waals surface area contributed by atoms with E-state index in [1.807, 2.05) is 13.8 Å². The number of carboxylic acid groups (broad SMARTS) is 1. The summed E-state index contributed by atoms with van der Waals surface area (Å²) in [7, 11) is 1.56. The van der Waals surface area contributed by atoms with Gasteiger partial charge in [0.05, 0.1) is 13.1 Å². The molecule has 1 saturated heterocycles. The van der Waals surface area contributed by atoms with Crippen molar-refractivity contribution < 1.29 is 19.5 Å². The van der Waals surface area contributed by atoms with Crippen molar-refractivity contribution in [2.24, 2.45) is 5.92 Å². The Kier molecular flexibility index (Phi) is 6.61. The molecular formula is C14H25N3O4. The smallest absolute Gasteiger partial charge is 0.321 e. The van der Waals surface area contributed by atoms with E-state index in [0.717, 1.165) is 12.8 Å². The quantitative estimate of drug-likeness (QED) is 0.677. The van der Waals surface area contributed by atoms with Crippen molar-refractivity contribution in [2.75, 3.05) is 33.2 Å². The average Bonchev–Trinajstić information content (AvgIpc) is 2.77. The van der Waals surface area contributed by atoms with Crippen LogP contribution < -0.4 is 5.32 Å². The molecule has 2 unspecified atom stereocenters. The van der Waals surface area contributed by atoms with Gasteiger partial charge in [0.1, 0.15) is 6.04 Å². The van der Waals surface area contributed by atoms with Crippen LogP contribution in [0.1, 0.15) is 26.7 Å². The SMILES string of the molecule is CCCNC(=O)CN(C)C(=O)CN1CCC(C)C1C(=O)O. The molecule has 2 amide bonds. The molecule has 1 heterocycles. The lowest BCUT2D eigenvalue weighted by Gasteiger charge is -2.25. The molecule has 0 radical (unpaired) electrons. The Morgan fingerprint density at radius 3 is 2.62 bits per heavy atom. The maximum absolute atomic E-state index is 12.1. The number of carbonyl (C=O) groups excluding carboxylic acids is 2. The second kappa shape index (κ2) is 7.97. The van der Waals surface area contributed by atoms with Crippen LogP contribution in [0.3, 0.4) is 0 Å². The van der Waals surface area contributed by atoms with Gasteiger partial charge in [0.15, 0.2) is 0 Å². The second-order valence-corrected chi connectivity index (χ2v) is 5.62. The molecule has 0 aromatic carbocycles. The topological polar surface area (TPSA) is 90.0 Å². The van der Waals surface area contributed by atoms with Crippen LogP contribution in [0, 0.1) is 5.92 Å². The maximum atomic E-state index is 12.1. The van der Waals surface area contributed by atoms with Crippen LogP contribution in [0.25, 0.3) is 0 Å². The minimum atomic E-state index is -0.892. The van der Waals surface area contributed by atoms with E-state index in [9.17, 15) is 19.5 Å². The number of rotatable bonds is 7. The standard InChI is InChI=1S/C14H25N3O4/c1-4-6-15-11(18)8-16(3)12(19)9-17-7-5-10(2)13(17)14(20)21/h10,13H,4-9H2,1-3H3,(H,15,18)(H,20,21). The Morgan fingerprint density at radius 2 is 2.05 bits per heavy atom. The highest BCUT2D eigenvalue weighted by molar-refractivity contribution is 5.86.